The van der Waals surface area contributed by atoms with E-state index in [2.05, 4.69) is 42.3 Å². The van der Waals surface area contributed by atoms with Gasteiger partial charge in [-0.1, -0.05) is 0 Å². The van der Waals surface area contributed by atoms with Gasteiger partial charge in [0, 0.05) is 31.9 Å². The molecule has 0 aromatic carbocycles. The molecule has 3 rings (SSSR count). The third-order valence-corrected chi connectivity index (χ3v) is 3.96. The highest BCUT2D eigenvalue weighted by atomic mass is 79.9. The molecule has 8 heteroatoms. The number of carbonyl (C=O) groups is 1. The first-order valence-corrected chi connectivity index (χ1v) is 7.84. The second-order valence-electron chi connectivity index (χ2n) is 4.57. The molecular weight excluding hydrogens is 404 g/mol. The van der Waals surface area contributed by atoms with E-state index in [1.807, 2.05) is 23.9 Å². The van der Waals surface area contributed by atoms with E-state index >= 15 is 0 Å². The molecule has 0 saturated carbocycles. The third kappa shape index (κ3) is 2.91. The van der Waals surface area contributed by atoms with E-state index in [1.54, 1.807) is 16.9 Å². The first-order valence-electron chi connectivity index (χ1n) is 6.25. The zero-order valence-corrected chi connectivity index (χ0v) is 14.3. The fraction of sp³-hybridized carbons (Fsp3) is 0.231. The van der Waals surface area contributed by atoms with E-state index in [9.17, 15) is 4.79 Å². The lowest BCUT2D eigenvalue weighted by atomic mass is 10.4. The number of halogens is 2. The molecule has 0 spiro atoms. The number of furan rings is 1. The summed E-state index contributed by atoms with van der Waals surface area (Å²) in [6.07, 6.45) is 3.57. The van der Waals surface area contributed by atoms with Gasteiger partial charge in [0.25, 0.3) is 5.91 Å². The van der Waals surface area contributed by atoms with Crippen LogP contribution in [0.5, 0.6) is 0 Å². The maximum absolute atomic E-state index is 12.2. The summed E-state index contributed by atoms with van der Waals surface area (Å²) in [5.41, 5.74) is 2.13. The van der Waals surface area contributed by atoms with Crippen molar-refractivity contribution >= 4 is 48.9 Å². The number of nitrogens with one attached hydrogen (secondary N) is 1. The third-order valence-electron chi connectivity index (χ3n) is 3.16. The van der Waals surface area contributed by atoms with Crippen LogP contribution in [-0.4, -0.2) is 26.8 Å². The summed E-state index contributed by atoms with van der Waals surface area (Å²) in [6.45, 7) is 1.12. The monoisotopic (exact) mass is 414 g/mol. The Bertz CT molecular complexity index is 802. The summed E-state index contributed by atoms with van der Waals surface area (Å²) >= 11 is 6.61. The van der Waals surface area contributed by atoms with Crippen molar-refractivity contribution in [3.8, 4) is 0 Å². The SMILES string of the molecule is Cn1c(C(=O)NCCn2cc(Br)cn2)cc2oc(Br)cc21. The second kappa shape index (κ2) is 5.69. The zero-order chi connectivity index (χ0) is 15.0. The molecule has 0 fully saturated rings. The van der Waals surface area contributed by atoms with Crippen LogP contribution in [-0.2, 0) is 13.6 Å². The Hall–Kier alpha value is -1.54. The van der Waals surface area contributed by atoms with Crippen LogP contribution in [0, 0.1) is 0 Å². The molecule has 0 aliphatic carbocycles. The Morgan fingerprint density at radius 2 is 2.24 bits per heavy atom. The molecule has 3 aromatic heterocycles. The van der Waals surface area contributed by atoms with Gasteiger partial charge in [0.05, 0.1) is 22.7 Å². The highest BCUT2D eigenvalue weighted by Crippen LogP contribution is 2.25. The molecule has 0 aliphatic heterocycles. The van der Waals surface area contributed by atoms with Crippen molar-refractivity contribution in [2.75, 3.05) is 6.54 Å². The van der Waals surface area contributed by atoms with Gasteiger partial charge in [0.1, 0.15) is 5.69 Å². The van der Waals surface area contributed by atoms with Gasteiger partial charge >= 0.3 is 0 Å². The molecule has 0 saturated heterocycles. The molecule has 0 radical (unpaired) electrons. The van der Waals surface area contributed by atoms with Gasteiger partial charge < -0.3 is 14.3 Å². The van der Waals surface area contributed by atoms with Crippen molar-refractivity contribution in [2.45, 2.75) is 6.54 Å². The quantitative estimate of drug-likeness (QED) is 0.712. The number of carbonyl (C=O) groups excluding carboxylic acids is 1. The van der Waals surface area contributed by atoms with Crippen LogP contribution in [0.4, 0.5) is 0 Å². The highest BCUT2D eigenvalue weighted by Gasteiger charge is 2.15. The standard InChI is InChI=1S/C13H12Br2N4O2/c1-18-9-5-12(15)21-11(9)4-10(18)13(20)16-2-3-19-7-8(14)6-17-19/h4-7H,2-3H2,1H3,(H,16,20). The second-order valence-corrected chi connectivity index (χ2v) is 6.26. The van der Waals surface area contributed by atoms with E-state index in [-0.39, 0.29) is 5.91 Å². The summed E-state index contributed by atoms with van der Waals surface area (Å²) in [7, 11) is 1.84. The Labute approximate surface area is 137 Å². The molecule has 0 unspecified atom stereocenters. The summed E-state index contributed by atoms with van der Waals surface area (Å²) < 4.78 is 10.6. The van der Waals surface area contributed by atoms with Crippen molar-refractivity contribution in [1.29, 1.82) is 0 Å². The average Bonchev–Trinajstić information content (AvgIpc) is 3.07. The van der Waals surface area contributed by atoms with Crippen LogP contribution in [0.25, 0.3) is 11.1 Å². The molecule has 0 atom stereocenters. The molecule has 3 aromatic rings. The maximum atomic E-state index is 12.2. The fourth-order valence-corrected chi connectivity index (χ4v) is 2.85. The Morgan fingerprint density at radius 1 is 1.43 bits per heavy atom. The van der Waals surface area contributed by atoms with E-state index in [4.69, 9.17) is 4.42 Å². The minimum atomic E-state index is -0.133. The number of rotatable bonds is 4. The van der Waals surface area contributed by atoms with Crippen LogP contribution in [0.15, 0.2) is 38.1 Å². The first-order chi connectivity index (χ1) is 10.0. The highest BCUT2D eigenvalue weighted by molar-refractivity contribution is 9.10. The van der Waals surface area contributed by atoms with Gasteiger partial charge in [-0.3, -0.25) is 9.48 Å². The predicted molar refractivity (Wildman–Crippen MR) is 85.1 cm³/mol. The summed E-state index contributed by atoms with van der Waals surface area (Å²) in [5, 5.41) is 7.01. The number of fused-ring (bicyclic) bond motifs is 1. The summed E-state index contributed by atoms with van der Waals surface area (Å²) in [4.78, 5) is 12.2. The summed E-state index contributed by atoms with van der Waals surface area (Å²) in [6, 6.07) is 3.58. The largest absolute Gasteiger partial charge is 0.448 e. The van der Waals surface area contributed by atoms with E-state index in [0.717, 1.165) is 9.99 Å². The number of amides is 1. The van der Waals surface area contributed by atoms with Gasteiger partial charge in [0.15, 0.2) is 10.3 Å². The molecule has 0 aliphatic rings. The van der Waals surface area contributed by atoms with Gasteiger partial charge in [-0.05, 0) is 31.9 Å². The van der Waals surface area contributed by atoms with Gasteiger partial charge in [-0.15, -0.1) is 0 Å². The lowest BCUT2D eigenvalue weighted by molar-refractivity contribution is 0.0944. The number of aromatic nitrogens is 3. The zero-order valence-electron chi connectivity index (χ0n) is 11.1. The smallest absolute Gasteiger partial charge is 0.268 e. The topological polar surface area (TPSA) is 65.0 Å². The van der Waals surface area contributed by atoms with Crippen molar-refractivity contribution < 1.29 is 9.21 Å². The Balaban J connectivity index is 1.66. The predicted octanol–water partition coefficient (Wildman–Crippen LogP) is 2.92. The van der Waals surface area contributed by atoms with Crippen LogP contribution < -0.4 is 5.32 Å². The normalized spacial score (nSPS) is 11.2. The lowest BCUT2D eigenvalue weighted by Crippen LogP contribution is -2.28. The van der Waals surface area contributed by atoms with Crippen LogP contribution in [0.3, 0.4) is 0 Å². The molecule has 3 heterocycles. The Morgan fingerprint density at radius 3 is 2.90 bits per heavy atom. The van der Waals surface area contributed by atoms with Crippen LogP contribution in [0.1, 0.15) is 10.5 Å². The van der Waals surface area contributed by atoms with Crippen molar-refractivity contribution in [2.24, 2.45) is 7.05 Å². The van der Waals surface area contributed by atoms with Crippen molar-refractivity contribution in [1.82, 2.24) is 19.7 Å². The maximum Gasteiger partial charge on any atom is 0.268 e. The Kier molecular flexibility index (Phi) is 3.90. The first kappa shape index (κ1) is 14.4. The average molecular weight is 416 g/mol. The number of hydrogen-bond donors (Lipinski definition) is 1. The number of aryl methyl sites for hydroxylation is 1. The van der Waals surface area contributed by atoms with Crippen molar-refractivity contribution in [3.63, 3.8) is 0 Å². The number of hydrogen-bond acceptors (Lipinski definition) is 3. The number of nitrogens with zero attached hydrogens (tertiary/aromatic N) is 3. The van der Waals surface area contributed by atoms with Gasteiger partial charge in [-0.2, -0.15) is 5.10 Å². The van der Waals surface area contributed by atoms with Crippen LogP contribution in [0.2, 0.25) is 0 Å². The van der Waals surface area contributed by atoms with Gasteiger partial charge in [-0.25, -0.2) is 0 Å². The van der Waals surface area contributed by atoms with Crippen LogP contribution >= 0.6 is 31.9 Å². The minimum Gasteiger partial charge on any atom is -0.448 e. The van der Waals surface area contributed by atoms with Crippen molar-refractivity contribution in [3.05, 3.63) is 39.4 Å². The minimum absolute atomic E-state index is 0.133. The fourth-order valence-electron chi connectivity index (χ4n) is 2.13. The van der Waals surface area contributed by atoms with E-state index < -0.39 is 0 Å². The molecule has 110 valence electrons. The summed E-state index contributed by atoms with van der Waals surface area (Å²) in [5.74, 6) is -0.133. The molecule has 21 heavy (non-hydrogen) atoms. The van der Waals surface area contributed by atoms with E-state index in [0.29, 0.717) is 29.0 Å². The molecule has 1 amide bonds. The molecular formula is C13H12Br2N4O2. The van der Waals surface area contributed by atoms with Gasteiger partial charge in [0.2, 0.25) is 0 Å². The molecule has 1 N–H and O–H groups in total. The lowest BCUT2D eigenvalue weighted by Gasteiger charge is -2.06. The molecule has 6 nitrogen and oxygen atoms in total. The molecule has 0 bridgehead atoms. The van der Waals surface area contributed by atoms with E-state index in [1.165, 1.54) is 0 Å².